The zero-order valence-corrected chi connectivity index (χ0v) is 75.5. The maximum atomic E-state index is 15.8. The number of imide groups is 4. The minimum absolute atomic E-state index is 0.0432. The summed E-state index contributed by atoms with van der Waals surface area (Å²) in [5.74, 6) is -9.27. The van der Waals surface area contributed by atoms with Crippen LogP contribution in [0.3, 0.4) is 0 Å². The van der Waals surface area contributed by atoms with E-state index in [0.717, 1.165) is 105 Å². The zero-order valence-electron chi connectivity index (χ0n) is 75.5. The van der Waals surface area contributed by atoms with E-state index in [1.54, 1.807) is 54.6 Å². The number of ketones is 1. The van der Waals surface area contributed by atoms with Crippen LogP contribution in [0.5, 0.6) is 0 Å². The number of carboxylic acid groups (broad SMARTS) is 1. The number of pyridine rings is 2. The number of rotatable bonds is 32. The first-order chi connectivity index (χ1) is 64.2. The normalized spacial score (nSPS) is 18.7. The van der Waals surface area contributed by atoms with Crippen LogP contribution < -0.4 is 53.2 Å². The molecule has 6 aliphatic heterocycles. The number of nitrogens with two attached hydrogens (primary N) is 1. The molecule has 0 radical (unpaired) electrons. The number of carbonyl (C=O) groups is 12. The van der Waals surface area contributed by atoms with Gasteiger partial charge in [0, 0.05) is 123 Å². The predicted molar refractivity (Wildman–Crippen MR) is 490 cm³/mol. The molecule has 0 aliphatic carbocycles. The first kappa shape index (κ1) is 101. The van der Waals surface area contributed by atoms with Crippen LogP contribution in [0.15, 0.2) is 143 Å². The number of alkyl halides is 6. The van der Waals surface area contributed by atoms with Gasteiger partial charge in [-0.25, -0.2) is 13.6 Å². The topological polar surface area (TPSA) is 396 Å². The second kappa shape index (κ2) is 44.2. The number of halogens is 8. The molecule has 4 saturated heterocycles. The lowest BCUT2D eigenvalue weighted by molar-refractivity contribution is -0.138. The highest BCUT2D eigenvalue weighted by Gasteiger charge is 2.48. The molecule has 0 saturated carbocycles. The molecule has 6 aromatic carbocycles. The number of H-pyrrole nitrogens is 2. The Morgan fingerprint density at radius 3 is 1.32 bits per heavy atom. The molecule has 8 aromatic rings. The molecular formula is C98H108F8N14O15. The number of unbranched alkanes of at least 4 members (excludes halogenated alkanes) is 12. The summed E-state index contributed by atoms with van der Waals surface area (Å²) in [6.45, 7) is 11.6. The fourth-order valence-corrected chi connectivity index (χ4v) is 17.8. The number of aromatic carboxylic acids is 1. The summed E-state index contributed by atoms with van der Waals surface area (Å²) < 4.78 is 113. The summed E-state index contributed by atoms with van der Waals surface area (Å²) in [5, 5.41) is 21.9. The maximum absolute atomic E-state index is 15.8. The molecule has 135 heavy (non-hydrogen) atoms. The second-order valence-corrected chi connectivity index (χ2v) is 34.9. The molecule has 716 valence electrons. The van der Waals surface area contributed by atoms with Crippen LogP contribution in [0.25, 0.3) is 22.3 Å². The van der Waals surface area contributed by atoms with Crippen LogP contribution in [0.2, 0.25) is 0 Å². The van der Waals surface area contributed by atoms with Crippen LogP contribution >= 0.6 is 0 Å². The van der Waals surface area contributed by atoms with Gasteiger partial charge in [-0.3, -0.25) is 92.6 Å². The number of aryl methyl sites for hydroxylation is 1. The molecule has 14 rings (SSSR count). The number of carbonyl (C=O) groups excluding carboxylic acids is 11. The van der Waals surface area contributed by atoms with Gasteiger partial charge in [0.1, 0.15) is 23.7 Å². The number of fused-ring (bicyclic) bond motifs is 2. The highest BCUT2D eigenvalue weighted by atomic mass is 19.4. The van der Waals surface area contributed by atoms with Gasteiger partial charge in [-0.2, -0.15) is 26.3 Å². The molecule has 37 heteroatoms. The van der Waals surface area contributed by atoms with Crippen LogP contribution in [-0.2, 0) is 38.0 Å². The Morgan fingerprint density at radius 1 is 0.459 bits per heavy atom. The Balaban J connectivity index is 0.000000203. The molecule has 10 amide bonds. The Bertz CT molecular complexity index is 5980. The summed E-state index contributed by atoms with van der Waals surface area (Å²) in [5.41, 5.74) is 3.76. The summed E-state index contributed by atoms with van der Waals surface area (Å²) in [7, 11) is 3.98. The van der Waals surface area contributed by atoms with E-state index in [1.807, 2.05) is 57.7 Å². The van der Waals surface area contributed by atoms with Gasteiger partial charge in [0.25, 0.3) is 35.4 Å². The average molecular weight is 1870 g/mol. The van der Waals surface area contributed by atoms with Crippen molar-refractivity contribution in [3.05, 3.63) is 227 Å². The smallest absolute Gasteiger partial charge is 0.417 e. The van der Waals surface area contributed by atoms with Gasteiger partial charge < -0.3 is 46.6 Å². The van der Waals surface area contributed by atoms with Gasteiger partial charge in [0.05, 0.1) is 72.8 Å². The molecule has 2 unspecified atom stereocenters. The van der Waals surface area contributed by atoms with Gasteiger partial charge in [-0.05, 0) is 171 Å². The number of amides is 10. The fourth-order valence-electron chi connectivity index (χ4n) is 17.8. The number of Topliss-reactive ketones (excluding diaryl/α,β-unsaturated/α-hetero) is 1. The number of piperidine rings is 2. The van der Waals surface area contributed by atoms with Crippen LogP contribution in [-0.4, -0.2) is 195 Å². The Kier molecular flexibility index (Phi) is 32.9. The number of likely N-dealkylation sites (N-methyl/N-ethyl adjacent to an activating group) is 2. The monoisotopic (exact) mass is 1870 g/mol. The first-order valence-corrected chi connectivity index (χ1v) is 45.2. The maximum Gasteiger partial charge on any atom is 0.417 e. The summed E-state index contributed by atoms with van der Waals surface area (Å²) in [4.78, 5) is 189. The molecule has 8 heterocycles. The van der Waals surface area contributed by atoms with Crippen molar-refractivity contribution in [3.8, 4) is 22.3 Å². The Labute approximate surface area is 772 Å². The number of hydrogen-bond acceptors (Lipinski definition) is 20. The van der Waals surface area contributed by atoms with Gasteiger partial charge in [-0.1, -0.05) is 113 Å². The molecule has 0 bridgehead atoms. The standard InChI is InChI=1S/C49H53F4N7O7.C27H26F4N4O4.C22H29N3O4/c1-28-26-59(27-29(2)58(28)3)39-18-16-30(23-38(39)56-45(64)34-25-55-43(63)24-35(34)49(51,52)53)32-17-15-31(22-36(32)50)41(61)14-9-7-5-4-6-8-10-21-54-37-13-11-12-33-44(37)48(67)60(47(33)66)40-19-20-42(62)57-46(40)65;1-14-12-35(13-15(2)34(14)3)23-7-5-16(18-6-4-17(26(38)39)8-21(18)28)9-22(23)33-25(37)19-11-32-24(36)10-20(19)27(29,30)31;23-14-7-5-3-1-2-4-6-9-15-10-8-11-16-19(15)22(29)25(21(16)28)17-12-13-18(26)24-20(17)27/h11-13,15-18,22-25,28-29,40,54H,4-10,14,19-21,26-27H2,1-3H3,(H,55,63)(H,56,64)(H,57,62,65);4-11,14-15H,12-13H2,1-3H3,(H,32,36)(H,33,37)(H,38,39);8,10-11,17H,1-7,9,12-14,23H2,(H,24,26,27)/t28-,29+,40?;14-,15+;. The number of aromatic nitrogens is 2. The van der Waals surface area contributed by atoms with Crippen molar-refractivity contribution in [2.45, 2.75) is 205 Å². The van der Waals surface area contributed by atoms with Crippen molar-refractivity contribution in [2.24, 2.45) is 5.73 Å². The van der Waals surface area contributed by atoms with Crippen molar-refractivity contribution in [2.75, 3.05) is 79.1 Å². The fraction of sp³-hybridized carbons (Fsp3) is 0.408. The van der Waals surface area contributed by atoms with E-state index >= 15 is 4.39 Å². The number of piperazine rings is 2. The summed E-state index contributed by atoms with van der Waals surface area (Å²) >= 11 is 0. The zero-order chi connectivity index (χ0) is 97.6. The van der Waals surface area contributed by atoms with Gasteiger partial charge in [-0.15, -0.1) is 0 Å². The van der Waals surface area contributed by atoms with E-state index in [9.17, 15) is 97.9 Å². The van der Waals surface area contributed by atoms with E-state index in [2.05, 4.69) is 46.4 Å². The lowest BCUT2D eigenvalue weighted by atomic mass is 9.97. The third-order valence-corrected chi connectivity index (χ3v) is 25.5. The van der Waals surface area contributed by atoms with Crippen molar-refractivity contribution < 1.29 is 97.8 Å². The third kappa shape index (κ3) is 24.0. The molecule has 0 spiro atoms. The Hall–Kier alpha value is -13.4. The largest absolute Gasteiger partial charge is 0.478 e. The molecule has 4 fully saturated rings. The van der Waals surface area contributed by atoms with Crippen LogP contribution in [0.4, 0.5) is 63.6 Å². The van der Waals surface area contributed by atoms with E-state index < -0.39 is 129 Å². The van der Waals surface area contributed by atoms with Gasteiger partial charge >= 0.3 is 18.3 Å². The minimum Gasteiger partial charge on any atom is -0.478 e. The quantitative estimate of drug-likeness (QED) is 0.00818. The number of aromatic amines is 2. The SMILES string of the molecule is C[C@@H]1CN(c2ccc(-c3ccc(C(=O)CCCCCCCCCNc4cccc5c4C(=O)N(C4CCC(=O)NC4=O)C5=O)cc3F)cc2NC(=O)c2c[nH]c(=O)cc2C(F)(F)F)C[C@H](C)N1C.C[C@@H]1CN(c2ccc(-c3ccc(C(=O)O)cc3F)cc2NC(=O)c2c[nH]c(=O)cc2C(F)(F)F)C[C@H](C)N1C.NCCCCCCCCCc1cccc2c1C(=O)N(C1CCC(=O)NC1=O)C2=O. The molecule has 6 atom stereocenters. The second-order valence-electron chi connectivity index (χ2n) is 34.9. The average Bonchev–Trinajstić information content (AvgIpc) is 1.65. The van der Waals surface area contributed by atoms with E-state index in [0.29, 0.717) is 91.2 Å². The van der Waals surface area contributed by atoms with Crippen molar-refractivity contribution in [1.82, 2.24) is 40.2 Å². The molecule has 6 aliphatic rings. The number of hydrogen-bond donors (Lipinski definition) is 9. The van der Waals surface area contributed by atoms with E-state index in [1.165, 1.54) is 61.7 Å². The highest BCUT2D eigenvalue weighted by Crippen LogP contribution is 2.42. The van der Waals surface area contributed by atoms with Gasteiger partial charge in [0.2, 0.25) is 34.7 Å². The number of carboxylic acids is 1. The first-order valence-electron chi connectivity index (χ1n) is 45.2. The number of nitrogens with zero attached hydrogens (tertiary/aromatic N) is 6. The number of nitrogens with one attached hydrogen (secondary N) is 7. The lowest BCUT2D eigenvalue weighted by Crippen LogP contribution is -2.55. The minimum atomic E-state index is -4.98. The summed E-state index contributed by atoms with van der Waals surface area (Å²) in [6.07, 6.45) is 6.59. The van der Waals surface area contributed by atoms with E-state index in [-0.39, 0.29) is 118 Å². The molecular weight excluding hydrogens is 1770 g/mol. The Morgan fingerprint density at radius 2 is 0.874 bits per heavy atom. The van der Waals surface area contributed by atoms with Crippen molar-refractivity contribution >= 4 is 99.3 Å². The van der Waals surface area contributed by atoms with Crippen molar-refractivity contribution in [3.63, 3.8) is 0 Å². The predicted octanol–water partition coefficient (Wildman–Crippen LogP) is 14.8. The number of benzene rings is 6. The lowest BCUT2D eigenvalue weighted by Gasteiger charge is -2.44. The van der Waals surface area contributed by atoms with Crippen LogP contribution in [0, 0.1) is 11.6 Å². The van der Waals surface area contributed by atoms with Crippen molar-refractivity contribution in [1.29, 1.82) is 0 Å². The van der Waals surface area contributed by atoms with Crippen LogP contribution in [0.1, 0.15) is 249 Å². The van der Waals surface area contributed by atoms with E-state index in [4.69, 9.17) is 10.8 Å². The van der Waals surface area contributed by atoms with Gasteiger partial charge in [0.15, 0.2) is 5.78 Å². The molecule has 10 N–H and O–H groups in total. The summed E-state index contributed by atoms with van der Waals surface area (Å²) in [6, 6.07) is 26.5. The third-order valence-electron chi connectivity index (χ3n) is 25.5. The highest BCUT2D eigenvalue weighted by molar-refractivity contribution is 6.26. The molecule has 2 aromatic heterocycles. The molecule has 29 nitrogen and oxygen atoms in total. The number of anilines is 5.